The molecule has 0 amide bonds. The molecule has 1 rings (SSSR count). The molecular formula is C6H5N2O5S2-. The lowest BCUT2D eigenvalue weighted by Crippen LogP contribution is -2.00. The van der Waals surface area contributed by atoms with Crippen molar-refractivity contribution in [3.8, 4) is 0 Å². The van der Waals surface area contributed by atoms with E-state index in [9.17, 15) is 22.7 Å². The highest BCUT2D eigenvalue weighted by Crippen LogP contribution is 2.17. The minimum Gasteiger partial charge on any atom is -0.430 e. The number of benzene rings is 1. The quantitative estimate of drug-likeness (QED) is 0.371. The van der Waals surface area contributed by atoms with Crippen LogP contribution in [-0.2, 0) is 22.7 Å². The molecule has 0 aliphatic carbocycles. The second kappa shape index (κ2) is 3.95. The molecule has 0 saturated heterocycles. The molecule has 9 heteroatoms. The zero-order chi connectivity index (χ0) is 11.6. The highest BCUT2D eigenvalue weighted by atomic mass is 33.1. The summed E-state index contributed by atoms with van der Waals surface area (Å²) in [4.78, 5) is 9.19. The van der Waals surface area contributed by atoms with Gasteiger partial charge in [-0.3, -0.25) is 10.1 Å². The maximum atomic E-state index is 11.2. The molecule has 0 heterocycles. The maximum Gasteiger partial charge on any atom is 0.269 e. The van der Waals surface area contributed by atoms with Crippen molar-refractivity contribution in [1.82, 2.24) is 0 Å². The van der Waals surface area contributed by atoms with Gasteiger partial charge in [-0.2, -0.15) is 0 Å². The van der Waals surface area contributed by atoms with Gasteiger partial charge in [0, 0.05) is 12.1 Å². The Hall–Kier alpha value is -1.48. The summed E-state index contributed by atoms with van der Waals surface area (Å²) >= 11 is 0. The van der Waals surface area contributed by atoms with Gasteiger partial charge in [0.1, 0.15) is 8.87 Å². The first kappa shape index (κ1) is 11.6. The second-order valence-electron chi connectivity index (χ2n) is 2.44. The third kappa shape index (κ3) is 2.30. The van der Waals surface area contributed by atoms with Gasteiger partial charge in [-0.05, 0) is 12.1 Å². The number of nitrogens with zero attached hydrogens (tertiary/aromatic N) is 1. The van der Waals surface area contributed by atoms with E-state index in [1.807, 2.05) is 0 Å². The van der Waals surface area contributed by atoms with Gasteiger partial charge in [0.2, 0.25) is 0 Å². The van der Waals surface area contributed by atoms with Crippen molar-refractivity contribution in [1.29, 1.82) is 4.78 Å². The molecule has 0 bridgehead atoms. The van der Waals surface area contributed by atoms with Crippen molar-refractivity contribution in [3.05, 3.63) is 34.4 Å². The van der Waals surface area contributed by atoms with Crippen molar-refractivity contribution in [3.63, 3.8) is 0 Å². The Morgan fingerprint density at radius 2 is 1.73 bits per heavy atom. The number of rotatable bonds is 3. The van der Waals surface area contributed by atoms with Crippen molar-refractivity contribution >= 4 is 24.2 Å². The van der Waals surface area contributed by atoms with Crippen molar-refractivity contribution in [2.45, 2.75) is 4.90 Å². The summed E-state index contributed by atoms with van der Waals surface area (Å²) in [6.07, 6.45) is 0. The summed E-state index contributed by atoms with van der Waals surface area (Å²) in [5.74, 6) is 0. The lowest BCUT2D eigenvalue weighted by Gasteiger charge is -2.03. The largest absolute Gasteiger partial charge is 0.430 e. The Balaban J connectivity index is 3.27. The molecule has 7 nitrogen and oxygen atoms in total. The SMILES string of the molecule is N=[S-](=O)S(=O)(=O)c1ccc([N+](=O)[O-])cc1. The summed E-state index contributed by atoms with van der Waals surface area (Å²) in [5.41, 5.74) is -0.273. The van der Waals surface area contributed by atoms with Crippen LogP contribution in [0.4, 0.5) is 5.69 Å². The van der Waals surface area contributed by atoms with E-state index in [1.165, 1.54) is 0 Å². The monoisotopic (exact) mass is 249 g/mol. The molecule has 0 saturated carbocycles. The first-order chi connectivity index (χ1) is 6.85. The molecule has 0 aliphatic rings. The Labute approximate surface area is 86.2 Å². The standard InChI is InChI=1S/C6H5N2O5S2/c7-14(11)15(12,13)6-3-1-5(2-4-6)8(9)10/h1-4,7H/q-1. The first-order valence-corrected chi connectivity index (χ1v) is 6.63. The van der Waals surface area contributed by atoms with Crippen LogP contribution >= 0.6 is 0 Å². The predicted molar refractivity (Wildman–Crippen MR) is 51.1 cm³/mol. The van der Waals surface area contributed by atoms with Gasteiger partial charge < -0.3 is 8.99 Å². The molecule has 1 aromatic rings. The fourth-order valence-corrected chi connectivity index (χ4v) is 2.32. The Morgan fingerprint density at radius 3 is 2.07 bits per heavy atom. The van der Waals surface area contributed by atoms with E-state index in [4.69, 9.17) is 4.78 Å². The normalized spacial score (nSPS) is 11.5. The molecule has 82 valence electrons. The minimum absolute atomic E-state index is 0.273. The van der Waals surface area contributed by atoms with Gasteiger partial charge in [0.05, 0.1) is 9.82 Å². The summed E-state index contributed by atoms with van der Waals surface area (Å²) in [6.45, 7) is 0. The van der Waals surface area contributed by atoms with Crippen LogP contribution in [0.25, 0.3) is 0 Å². The summed E-state index contributed by atoms with van der Waals surface area (Å²) in [7, 11) is -6.99. The van der Waals surface area contributed by atoms with E-state index < -0.39 is 23.4 Å². The molecule has 0 spiro atoms. The molecule has 0 aromatic heterocycles. The van der Waals surface area contributed by atoms with Crippen LogP contribution in [0.2, 0.25) is 0 Å². The molecule has 1 aromatic carbocycles. The second-order valence-corrected chi connectivity index (χ2v) is 6.51. The van der Waals surface area contributed by atoms with Crippen molar-refractivity contribution in [2.24, 2.45) is 0 Å². The highest BCUT2D eigenvalue weighted by Gasteiger charge is 2.10. The first-order valence-electron chi connectivity index (χ1n) is 3.49. The minimum atomic E-state index is -4.20. The van der Waals surface area contributed by atoms with Gasteiger partial charge >= 0.3 is 0 Å². The number of nitrogens with one attached hydrogen (secondary N) is 1. The average molecular weight is 249 g/mol. The van der Waals surface area contributed by atoms with Gasteiger partial charge in [0.15, 0.2) is 0 Å². The van der Waals surface area contributed by atoms with E-state index in [0.29, 0.717) is 0 Å². The van der Waals surface area contributed by atoms with E-state index in [0.717, 1.165) is 24.3 Å². The van der Waals surface area contributed by atoms with Crippen LogP contribution in [0.15, 0.2) is 29.2 Å². The summed E-state index contributed by atoms with van der Waals surface area (Å²) in [5, 5.41) is 10.3. The smallest absolute Gasteiger partial charge is 0.269 e. The van der Waals surface area contributed by atoms with E-state index in [1.54, 1.807) is 0 Å². The van der Waals surface area contributed by atoms with Gasteiger partial charge in [0.25, 0.3) is 5.69 Å². The van der Waals surface area contributed by atoms with E-state index in [2.05, 4.69) is 0 Å². The number of non-ortho nitro benzene ring substituents is 1. The number of hydrogen-bond acceptors (Lipinski definition) is 7. The molecule has 15 heavy (non-hydrogen) atoms. The number of nitro groups is 1. The zero-order valence-electron chi connectivity index (χ0n) is 7.11. The van der Waals surface area contributed by atoms with Crippen LogP contribution in [0.1, 0.15) is 0 Å². The molecule has 0 atom stereocenters. The van der Waals surface area contributed by atoms with Crippen LogP contribution in [0, 0.1) is 14.9 Å². The Kier molecular flexibility index (Phi) is 3.05. The van der Waals surface area contributed by atoms with E-state index >= 15 is 0 Å². The van der Waals surface area contributed by atoms with Crippen molar-refractivity contribution in [2.75, 3.05) is 0 Å². The molecule has 0 radical (unpaired) electrons. The third-order valence-electron chi connectivity index (χ3n) is 1.54. The topological polar surface area (TPSA) is 118 Å². The zero-order valence-corrected chi connectivity index (χ0v) is 8.75. The van der Waals surface area contributed by atoms with Crippen LogP contribution < -0.4 is 0 Å². The van der Waals surface area contributed by atoms with Gasteiger partial charge in [-0.1, -0.05) is 9.63 Å². The van der Waals surface area contributed by atoms with Crippen LogP contribution in [0.5, 0.6) is 0 Å². The average Bonchev–Trinajstić information content (AvgIpc) is 2.17. The lowest BCUT2D eigenvalue weighted by atomic mass is 10.3. The van der Waals surface area contributed by atoms with E-state index in [-0.39, 0.29) is 10.6 Å². The van der Waals surface area contributed by atoms with Crippen LogP contribution in [0.3, 0.4) is 0 Å². The molecule has 0 fully saturated rings. The maximum absolute atomic E-state index is 11.2. The summed E-state index contributed by atoms with van der Waals surface area (Å²) in [6, 6.07) is 3.83. The Bertz CT molecular complexity index is 550. The number of hydrogen-bond donors (Lipinski definition) is 1. The van der Waals surface area contributed by atoms with Gasteiger partial charge in [-0.25, -0.2) is 8.42 Å². The molecular weight excluding hydrogens is 244 g/mol. The predicted octanol–water partition coefficient (Wildman–Crippen LogP) is 1.01. The van der Waals surface area contributed by atoms with Crippen LogP contribution in [-0.4, -0.2) is 13.3 Å². The highest BCUT2D eigenvalue weighted by molar-refractivity contribution is 8.59. The molecule has 0 unspecified atom stereocenters. The van der Waals surface area contributed by atoms with Crippen molar-refractivity contribution < 1.29 is 17.6 Å². The summed E-state index contributed by atoms with van der Waals surface area (Å²) < 4.78 is 39.5. The molecule has 0 aliphatic heterocycles. The number of nitro benzene ring substituents is 1. The third-order valence-corrected chi connectivity index (χ3v) is 4.56. The Morgan fingerprint density at radius 1 is 1.27 bits per heavy atom. The van der Waals surface area contributed by atoms with Gasteiger partial charge in [-0.15, -0.1) is 0 Å². The fourth-order valence-electron chi connectivity index (χ4n) is 0.822. The molecule has 1 N–H and O–H groups in total. The lowest BCUT2D eigenvalue weighted by molar-refractivity contribution is -0.384. The fraction of sp³-hybridized carbons (Fsp3) is 0.